The van der Waals surface area contributed by atoms with Gasteiger partial charge in [0, 0.05) is 41.0 Å². The van der Waals surface area contributed by atoms with Gasteiger partial charge in [0.25, 0.3) is 5.91 Å². The topological polar surface area (TPSA) is 80.2 Å². The zero-order chi connectivity index (χ0) is 23.7. The highest BCUT2D eigenvalue weighted by Crippen LogP contribution is 2.38. The lowest BCUT2D eigenvalue weighted by Gasteiger charge is -2.28. The first-order valence-corrected chi connectivity index (χ1v) is 12.2. The fourth-order valence-corrected chi connectivity index (χ4v) is 5.12. The summed E-state index contributed by atoms with van der Waals surface area (Å²) in [5, 5.41) is 3.18. The minimum Gasteiger partial charge on any atom is -0.378 e. The molecule has 0 bridgehead atoms. The second-order valence-electron chi connectivity index (χ2n) is 8.93. The molecule has 4 heterocycles. The average Bonchev–Trinajstić information content (AvgIpc) is 3.30. The fourth-order valence-electron chi connectivity index (χ4n) is 3.95. The van der Waals surface area contributed by atoms with E-state index < -0.39 is 5.54 Å². The second kappa shape index (κ2) is 9.12. The Kier molecular flexibility index (Phi) is 6.02. The standard InChI is InChI=1S/C26H27N5O2S/c1-17-9-10-19(16-27-17)23-28-20-15-21(26(2,3)30-25(32)18-7-5-4-6-8-18)34-22(20)24(29-23)31-11-13-33-14-12-31/h4-10,15-16H,11-14H2,1-3H3,(H,30,32). The number of benzene rings is 1. The highest BCUT2D eigenvalue weighted by Gasteiger charge is 2.28. The Morgan fingerprint density at radius 3 is 2.56 bits per heavy atom. The number of nitrogens with zero attached hydrogens (tertiary/aromatic N) is 4. The largest absolute Gasteiger partial charge is 0.378 e. The van der Waals surface area contributed by atoms with E-state index in [1.807, 2.05) is 69.4 Å². The van der Waals surface area contributed by atoms with E-state index in [9.17, 15) is 4.79 Å². The molecule has 0 saturated carbocycles. The van der Waals surface area contributed by atoms with Gasteiger partial charge in [0.15, 0.2) is 11.6 Å². The number of rotatable bonds is 5. The van der Waals surface area contributed by atoms with E-state index >= 15 is 0 Å². The van der Waals surface area contributed by atoms with Crippen LogP contribution in [0, 0.1) is 6.92 Å². The van der Waals surface area contributed by atoms with Crippen LogP contribution in [0.1, 0.15) is 34.8 Å². The van der Waals surface area contributed by atoms with Gasteiger partial charge in [-0.1, -0.05) is 18.2 Å². The van der Waals surface area contributed by atoms with Gasteiger partial charge in [0.1, 0.15) is 0 Å². The molecular weight excluding hydrogens is 446 g/mol. The summed E-state index contributed by atoms with van der Waals surface area (Å²) >= 11 is 1.63. The number of carbonyl (C=O) groups is 1. The number of carbonyl (C=O) groups excluding carboxylic acids is 1. The molecule has 0 aliphatic carbocycles. The first-order chi connectivity index (χ1) is 16.4. The Morgan fingerprint density at radius 1 is 1.09 bits per heavy atom. The highest BCUT2D eigenvalue weighted by atomic mass is 32.1. The summed E-state index contributed by atoms with van der Waals surface area (Å²) in [6, 6.07) is 15.3. The molecule has 1 fully saturated rings. The van der Waals surface area contributed by atoms with Gasteiger partial charge in [0.05, 0.1) is 29.0 Å². The van der Waals surface area contributed by atoms with Crippen LogP contribution in [0.15, 0.2) is 54.7 Å². The van der Waals surface area contributed by atoms with Crippen molar-refractivity contribution in [1.82, 2.24) is 20.3 Å². The Hall–Kier alpha value is -3.36. The summed E-state index contributed by atoms with van der Waals surface area (Å²) in [7, 11) is 0. The highest BCUT2D eigenvalue weighted by molar-refractivity contribution is 7.19. The van der Waals surface area contributed by atoms with Gasteiger partial charge in [-0.2, -0.15) is 0 Å². The maximum absolute atomic E-state index is 12.9. The molecule has 1 saturated heterocycles. The monoisotopic (exact) mass is 473 g/mol. The van der Waals surface area contributed by atoms with Crippen molar-refractivity contribution in [1.29, 1.82) is 0 Å². The zero-order valence-corrected chi connectivity index (χ0v) is 20.4. The molecule has 34 heavy (non-hydrogen) atoms. The van der Waals surface area contributed by atoms with Crippen LogP contribution in [-0.2, 0) is 10.3 Å². The lowest BCUT2D eigenvalue weighted by molar-refractivity contribution is 0.0913. The maximum Gasteiger partial charge on any atom is 0.251 e. The summed E-state index contributed by atoms with van der Waals surface area (Å²) in [6.45, 7) is 8.89. The molecule has 0 spiro atoms. The third-order valence-corrected chi connectivity index (χ3v) is 7.36. The van der Waals surface area contributed by atoms with Crippen LogP contribution in [0.25, 0.3) is 21.6 Å². The number of anilines is 1. The number of hydrogen-bond donors (Lipinski definition) is 1. The van der Waals surface area contributed by atoms with Crippen molar-refractivity contribution in [3.63, 3.8) is 0 Å². The molecule has 8 heteroatoms. The minimum absolute atomic E-state index is 0.103. The number of fused-ring (bicyclic) bond motifs is 1. The fraction of sp³-hybridized carbons (Fsp3) is 0.308. The summed E-state index contributed by atoms with van der Waals surface area (Å²) < 4.78 is 6.58. The van der Waals surface area contributed by atoms with E-state index in [1.54, 1.807) is 11.3 Å². The van der Waals surface area contributed by atoms with Crippen LogP contribution in [-0.4, -0.2) is 47.2 Å². The first-order valence-electron chi connectivity index (χ1n) is 11.4. The quantitative estimate of drug-likeness (QED) is 0.458. The Labute approximate surface area is 202 Å². The Balaban J connectivity index is 1.56. The molecule has 174 valence electrons. The van der Waals surface area contributed by atoms with Crippen molar-refractivity contribution in [3.05, 3.63) is 70.9 Å². The number of thiophene rings is 1. The molecule has 1 aliphatic heterocycles. The molecule has 0 atom stereocenters. The molecule has 7 nitrogen and oxygen atoms in total. The lowest BCUT2D eigenvalue weighted by atomic mass is 10.0. The number of pyridine rings is 1. The van der Waals surface area contributed by atoms with E-state index in [4.69, 9.17) is 14.7 Å². The van der Waals surface area contributed by atoms with Crippen LogP contribution in [0.3, 0.4) is 0 Å². The third kappa shape index (κ3) is 4.51. The summed E-state index contributed by atoms with van der Waals surface area (Å²) in [4.78, 5) is 30.4. The van der Waals surface area contributed by atoms with Gasteiger partial charge in [0.2, 0.25) is 0 Å². The van der Waals surface area contributed by atoms with E-state index in [2.05, 4.69) is 21.3 Å². The van der Waals surface area contributed by atoms with Crippen LogP contribution in [0.4, 0.5) is 5.82 Å². The number of nitrogens with one attached hydrogen (secondary N) is 1. The van der Waals surface area contributed by atoms with Gasteiger partial charge >= 0.3 is 0 Å². The SMILES string of the molecule is Cc1ccc(-c2nc(N3CCOCC3)c3sc(C(C)(C)NC(=O)c4ccccc4)cc3n2)cn1. The van der Waals surface area contributed by atoms with Crippen molar-refractivity contribution < 1.29 is 9.53 Å². The smallest absolute Gasteiger partial charge is 0.251 e. The molecule has 1 aromatic carbocycles. The van der Waals surface area contributed by atoms with E-state index in [1.165, 1.54) is 0 Å². The Morgan fingerprint density at radius 2 is 1.85 bits per heavy atom. The van der Waals surface area contributed by atoms with Gasteiger partial charge in [-0.15, -0.1) is 11.3 Å². The predicted molar refractivity (Wildman–Crippen MR) is 135 cm³/mol. The maximum atomic E-state index is 12.9. The summed E-state index contributed by atoms with van der Waals surface area (Å²) in [5.41, 5.74) is 2.76. The third-order valence-electron chi connectivity index (χ3n) is 5.91. The molecule has 1 amide bonds. The normalized spacial score (nSPS) is 14.4. The van der Waals surface area contributed by atoms with Crippen molar-refractivity contribution in [2.75, 3.05) is 31.2 Å². The molecule has 0 unspecified atom stereocenters. The molecule has 4 aromatic rings. The molecule has 3 aromatic heterocycles. The van der Waals surface area contributed by atoms with Crippen molar-refractivity contribution >= 4 is 33.3 Å². The molecule has 5 rings (SSSR count). The van der Waals surface area contributed by atoms with Crippen molar-refractivity contribution in [2.45, 2.75) is 26.3 Å². The van der Waals surface area contributed by atoms with E-state index in [0.29, 0.717) is 24.6 Å². The van der Waals surface area contributed by atoms with Crippen LogP contribution >= 0.6 is 11.3 Å². The van der Waals surface area contributed by atoms with Crippen LogP contribution in [0.2, 0.25) is 0 Å². The second-order valence-corrected chi connectivity index (χ2v) is 9.98. The van der Waals surface area contributed by atoms with Crippen molar-refractivity contribution in [3.8, 4) is 11.4 Å². The molecular formula is C26H27N5O2S. The number of hydrogen-bond acceptors (Lipinski definition) is 7. The number of morpholine rings is 1. The van der Waals surface area contributed by atoms with Gasteiger partial charge in [-0.25, -0.2) is 9.97 Å². The van der Waals surface area contributed by atoms with E-state index in [0.717, 1.165) is 45.3 Å². The van der Waals surface area contributed by atoms with Gasteiger partial charge < -0.3 is 15.0 Å². The summed E-state index contributed by atoms with van der Waals surface area (Å²) in [6.07, 6.45) is 1.82. The average molecular weight is 474 g/mol. The first kappa shape index (κ1) is 22.4. The molecule has 1 aliphatic rings. The van der Waals surface area contributed by atoms with E-state index in [-0.39, 0.29) is 5.91 Å². The minimum atomic E-state index is -0.577. The summed E-state index contributed by atoms with van der Waals surface area (Å²) in [5.74, 6) is 1.45. The van der Waals surface area contributed by atoms with Crippen molar-refractivity contribution in [2.24, 2.45) is 0 Å². The number of aromatic nitrogens is 3. The van der Waals surface area contributed by atoms with Gasteiger partial charge in [-0.05, 0) is 51.1 Å². The zero-order valence-electron chi connectivity index (χ0n) is 19.5. The molecule has 0 radical (unpaired) electrons. The van der Waals surface area contributed by atoms with Crippen LogP contribution in [0.5, 0.6) is 0 Å². The number of amides is 1. The predicted octanol–water partition coefficient (Wildman–Crippen LogP) is 4.56. The molecule has 1 N–H and O–H groups in total. The Bertz CT molecular complexity index is 1310. The van der Waals surface area contributed by atoms with Gasteiger partial charge in [-0.3, -0.25) is 9.78 Å². The lowest BCUT2D eigenvalue weighted by Crippen LogP contribution is -2.40. The van der Waals surface area contributed by atoms with Crippen LogP contribution < -0.4 is 10.2 Å². The number of aryl methyl sites for hydroxylation is 1. The number of ether oxygens (including phenoxy) is 1.